The Hall–Kier alpha value is -1.40. The van der Waals surface area contributed by atoms with Crippen LogP contribution >= 0.6 is 0 Å². The van der Waals surface area contributed by atoms with E-state index < -0.39 is 10.8 Å². The van der Waals surface area contributed by atoms with Gasteiger partial charge in [-0.25, -0.2) is 4.79 Å². The van der Waals surface area contributed by atoms with Crippen molar-refractivity contribution in [1.29, 1.82) is 0 Å². The predicted octanol–water partition coefficient (Wildman–Crippen LogP) is 2.89. The maximum atomic E-state index is 12.2. The molecule has 0 bridgehead atoms. The van der Waals surface area contributed by atoms with E-state index in [0.717, 1.165) is 12.0 Å². The number of ether oxygens (including phenoxy) is 1. The molecule has 6 heteroatoms. The number of methoxy groups -OCH3 is 1. The number of anilines is 1. The molecule has 2 amide bonds. The van der Waals surface area contributed by atoms with Crippen molar-refractivity contribution in [2.45, 2.75) is 37.7 Å². The van der Waals surface area contributed by atoms with Gasteiger partial charge in [0.2, 0.25) is 0 Å². The third-order valence-corrected chi connectivity index (χ3v) is 4.94. The molecule has 0 fully saturated rings. The Balaban J connectivity index is 2.53. The van der Waals surface area contributed by atoms with Crippen molar-refractivity contribution in [3.63, 3.8) is 0 Å². The summed E-state index contributed by atoms with van der Waals surface area (Å²) < 4.78 is 16.8. The molecule has 1 aromatic carbocycles. The molecular weight excluding hydrogens is 300 g/mol. The lowest BCUT2D eigenvalue weighted by molar-refractivity contribution is 0.194. The molecule has 5 nitrogen and oxygen atoms in total. The molecule has 1 rings (SSSR count). The second kappa shape index (κ2) is 8.90. The first kappa shape index (κ1) is 18.6. The molecule has 0 aromatic heterocycles. The fourth-order valence-electron chi connectivity index (χ4n) is 1.70. The van der Waals surface area contributed by atoms with E-state index in [2.05, 4.69) is 10.6 Å². The van der Waals surface area contributed by atoms with Gasteiger partial charge < -0.3 is 15.4 Å². The van der Waals surface area contributed by atoms with Crippen molar-refractivity contribution < 1.29 is 13.7 Å². The van der Waals surface area contributed by atoms with Gasteiger partial charge in [0.05, 0.1) is 0 Å². The van der Waals surface area contributed by atoms with Crippen molar-refractivity contribution in [3.8, 4) is 0 Å². The number of nitrogens with one attached hydrogen (secondary N) is 2. The molecule has 2 N–H and O–H groups in total. The highest BCUT2D eigenvalue weighted by Gasteiger charge is 2.19. The Morgan fingerprint density at radius 3 is 2.68 bits per heavy atom. The number of benzene rings is 1. The Bertz CT molecular complexity index is 512. The average Bonchev–Trinajstić information content (AvgIpc) is 2.43. The van der Waals surface area contributed by atoms with Gasteiger partial charge in [-0.05, 0) is 44.9 Å². The third-order valence-electron chi connectivity index (χ3n) is 2.98. The van der Waals surface area contributed by atoms with E-state index in [1.54, 1.807) is 7.11 Å². The van der Waals surface area contributed by atoms with Crippen LogP contribution in [0.2, 0.25) is 0 Å². The van der Waals surface area contributed by atoms with Gasteiger partial charge in [0.1, 0.15) is 0 Å². The molecule has 1 aromatic rings. The lowest BCUT2D eigenvalue weighted by Crippen LogP contribution is -2.30. The van der Waals surface area contributed by atoms with Crippen LogP contribution in [0.15, 0.2) is 24.3 Å². The highest BCUT2D eigenvalue weighted by atomic mass is 32.2. The van der Waals surface area contributed by atoms with Crippen LogP contribution in [0.25, 0.3) is 0 Å². The lowest BCUT2D eigenvalue weighted by atomic mass is 10.2. The quantitative estimate of drug-likeness (QED) is 0.757. The number of carbonyl (C=O) groups excluding carboxylic acids is 1. The monoisotopic (exact) mass is 326 g/mol. The maximum Gasteiger partial charge on any atom is 0.319 e. The van der Waals surface area contributed by atoms with Crippen molar-refractivity contribution >= 4 is 22.5 Å². The van der Waals surface area contributed by atoms with Gasteiger partial charge >= 0.3 is 6.03 Å². The molecule has 124 valence electrons. The van der Waals surface area contributed by atoms with Crippen LogP contribution in [-0.2, 0) is 21.3 Å². The molecular formula is C16H26N2O3S. The fraction of sp³-hybridized carbons (Fsp3) is 0.562. The van der Waals surface area contributed by atoms with Crippen LogP contribution in [0.1, 0.15) is 32.8 Å². The van der Waals surface area contributed by atoms with Crippen LogP contribution < -0.4 is 10.6 Å². The van der Waals surface area contributed by atoms with E-state index in [0.29, 0.717) is 24.6 Å². The molecule has 0 unspecified atom stereocenters. The topological polar surface area (TPSA) is 67.4 Å². The highest BCUT2D eigenvalue weighted by Crippen LogP contribution is 2.18. The van der Waals surface area contributed by atoms with Crippen LogP contribution in [0, 0.1) is 0 Å². The van der Waals surface area contributed by atoms with Gasteiger partial charge in [0.15, 0.2) is 0 Å². The number of carbonyl (C=O) groups is 1. The van der Waals surface area contributed by atoms with Gasteiger partial charge in [-0.1, -0.05) is 12.1 Å². The van der Waals surface area contributed by atoms with Crippen LogP contribution in [0.5, 0.6) is 0 Å². The smallest absolute Gasteiger partial charge is 0.319 e. The molecule has 22 heavy (non-hydrogen) atoms. The molecule has 0 radical (unpaired) electrons. The van der Waals surface area contributed by atoms with Gasteiger partial charge in [-0.2, -0.15) is 0 Å². The minimum Gasteiger partial charge on any atom is -0.385 e. The van der Waals surface area contributed by atoms with E-state index in [4.69, 9.17) is 4.74 Å². The predicted molar refractivity (Wildman–Crippen MR) is 91.6 cm³/mol. The number of hydrogen-bond acceptors (Lipinski definition) is 3. The minimum atomic E-state index is -0.959. The molecule has 0 saturated heterocycles. The molecule has 0 spiro atoms. The Morgan fingerprint density at radius 1 is 1.32 bits per heavy atom. The number of urea groups is 1. The van der Waals surface area contributed by atoms with Crippen molar-refractivity contribution in [2.24, 2.45) is 0 Å². The molecule has 0 saturated carbocycles. The first-order valence-electron chi connectivity index (χ1n) is 7.34. The van der Waals surface area contributed by atoms with Gasteiger partial charge in [-0.15, -0.1) is 0 Å². The van der Waals surface area contributed by atoms with E-state index >= 15 is 0 Å². The van der Waals surface area contributed by atoms with Crippen molar-refractivity contribution in [3.05, 3.63) is 29.8 Å². The highest BCUT2D eigenvalue weighted by molar-refractivity contribution is 7.85. The van der Waals surface area contributed by atoms with Crippen LogP contribution in [0.3, 0.4) is 0 Å². The minimum absolute atomic E-state index is 0.245. The summed E-state index contributed by atoms with van der Waals surface area (Å²) in [5.74, 6) is 0.481. The van der Waals surface area contributed by atoms with Crippen LogP contribution in [-0.4, -0.2) is 35.2 Å². The normalized spacial score (nSPS) is 12.7. The largest absolute Gasteiger partial charge is 0.385 e. The average molecular weight is 326 g/mol. The van der Waals surface area contributed by atoms with E-state index in [-0.39, 0.29) is 10.8 Å². The van der Waals surface area contributed by atoms with E-state index in [1.807, 2.05) is 45.0 Å². The number of amides is 2. The lowest BCUT2D eigenvalue weighted by Gasteiger charge is -2.18. The van der Waals surface area contributed by atoms with E-state index in [1.165, 1.54) is 0 Å². The maximum absolute atomic E-state index is 12.2. The fourth-order valence-corrected chi connectivity index (χ4v) is 2.62. The first-order valence-corrected chi connectivity index (χ1v) is 8.66. The third kappa shape index (κ3) is 7.04. The zero-order valence-electron chi connectivity index (χ0n) is 13.8. The molecule has 0 aliphatic carbocycles. The second-order valence-electron chi connectivity index (χ2n) is 6.03. The Labute approximate surface area is 135 Å². The van der Waals surface area contributed by atoms with Gasteiger partial charge in [0.25, 0.3) is 0 Å². The Kier molecular flexibility index (Phi) is 7.55. The molecule has 0 aliphatic rings. The molecule has 0 aliphatic heterocycles. The summed E-state index contributed by atoms with van der Waals surface area (Å²) >= 11 is 0. The number of rotatable bonds is 7. The standard InChI is InChI=1S/C16H26N2O3S/c1-16(2,3)22(20)12-13-7-5-8-14(11-13)18-15(19)17-9-6-10-21-4/h5,7-8,11H,6,9-10,12H2,1-4H3,(H2,17,18,19)/t22-/m0/s1. The summed E-state index contributed by atoms with van der Waals surface area (Å²) in [6, 6.07) is 7.21. The summed E-state index contributed by atoms with van der Waals surface area (Å²) in [5.41, 5.74) is 1.65. The van der Waals surface area contributed by atoms with Gasteiger partial charge in [-0.3, -0.25) is 4.21 Å². The summed E-state index contributed by atoms with van der Waals surface area (Å²) in [7, 11) is 0.673. The van der Waals surface area contributed by atoms with Crippen molar-refractivity contribution in [2.75, 3.05) is 25.6 Å². The molecule has 1 atom stereocenters. The molecule has 0 heterocycles. The van der Waals surface area contributed by atoms with Gasteiger partial charge in [0, 0.05) is 47.2 Å². The van der Waals surface area contributed by atoms with Crippen LogP contribution in [0.4, 0.5) is 10.5 Å². The summed E-state index contributed by atoms with van der Waals surface area (Å²) in [5, 5.41) is 5.54. The first-order chi connectivity index (χ1) is 10.3. The SMILES string of the molecule is COCCCNC(=O)Nc1cccc(C[S@](=O)C(C)(C)C)c1. The zero-order valence-corrected chi connectivity index (χ0v) is 14.6. The number of hydrogen-bond donors (Lipinski definition) is 2. The van der Waals surface area contributed by atoms with E-state index in [9.17, 15) is 9.00 Å². The second-order valence-corrected chi connectivity index (χ2v) is 8.23. The summed E-state index contributed by atoms with van der Waals surface area (Å²) in [6.07, 6.45) is 0.772. The zero-order chi connectivity index (χ0) is 16.6. The summed E-state index contributed by atoms with van der Waals surface area (Å²) in [4.78, 5) is 11.7. The summed E-state index contributed by atoms with van der Waals surface area (Å²) in [6.45, 7) is 7.05. The Morgan fingerprint density at radius 2 is 2.05 bits per heavy atom. The van der Waals surface area contributed by atoms with Crippen molar-refractivity contribution in [1.82, 2.24) is 5.32 Å².